The molecule has 1 N–H and O–H groups in total. The van der Waals surface area contributed by atoms with Crippen LogP contribution in [0.4, 0.5) is 0 Å². The Morgan fingerprint density at radius 1 is 1.22 bits per heavy atom. The van der Waals surface area contributed by atoms with Crippen molar-refractivity contribution in [2.75, 3.05) is 13.2 Å². The smallest absolute Gasteiger partial charge is 0.355 e. The van der Waals surface area contributed by atoms with E-state index in [4.69, 9.17) is 14.6 Å². The molecule has 1 aromatic carbocycles. The molecular formula is C13H11NO4. The van der Waals surface area contributed by atoms with Crippen LogP contribution in [0.3, 0.4) is 0 Å². The van der Waals surface area contributed by atoms with E-state index in [2.05, 4.69) is 4.98 Å². The SMILES string of the molecule is O=C(O)c1nccc2cc3c(cc12)OCCCO3. The summed E-state index contributed by atoms with van der Waals surface area (Å²) < 4.78 is 11.1. The van der Waals surface area contributed by atoms with Crippen molar-refractivity contribution in [3.8, 4) is 11.5 Å². The molecule has 0 radical (unpaired) electrons. The van der Waals surface area contributed by atoms with E-state index in [-0.39, 0.29) is 5.69 Å². The highest BCUT2D eigenvalue weighted by atomic mass is 16.5. The first-order valence-corrected chi connectivity index (χ1v) is 5.67. The number of nitrogens with zero attached hydrogens (tertiary/aromatic N) is 1. The molecule has 5 heteroatoms. The van der Waals surface area contributed by atoms with Gasteiger partial charge in [0.1, 0.15) is 0 Å². The number of hydrogen-bond acceptors (Lipinski definition) is 4. The number of carbonyl (C=O) groups is 1. The number of aromatic nitrogens is 1. The van der Waals surface area contributed by atoms with Crippen molar-refractivity contribution in [3.05, 3.63) is 30.1 Å². The summed E-state index contributed by atoms with van der Waals surface area (Å²) in [5.41, 5.74) is 0.0307. The second kappa shape index (κ2) is 4.18. The van der Waals surface area contributed by atoms with Crippen LogP contribution in [0.25, 0.3) is 10.8 Å². The fourth-order valence-corrected chi connectivity index (χ4v) is 2.00. The van der Waals surface area contributed by atoms with Gasteiger partial charge < -0.3 is 14.6 Å². The summed E-state index contributed by atoms with van der Waals surface area (Å²) in [6.07, 6.45) is 2.30. The minimum absolute atomic E-state index is 0.0307. The minimum Gasteiger partial charge on any atom is -0.490 e. The zero-order valence-electron chi connectivity index (χ0n) is 9.55. The van der Waals surface area contributed by atoms with Crippen LogP contribution in [-0.4, -0.2) is 29.3 Å². The Labute approximate surface area is 103 Å². The molecule has 0 saturated carbocycles. The van der Waals surface area contributed by atoms with Crippen LogP contribution in [0.15, 0.2) is 24.4 Å². The lowest BCUT2D eigenvalue weighted by atomic mass is 10.1. The molecule has 3 rings (SSSR count). The second-order valence-electron chi connectivity index (χ2n) is 4.04. The zero-order valence-corrected chi connectivity index (χ0v) is 9.55. The Bertz CT molecular complexity index is 624. The van der Waals surface area contributed by atoms with Crippen molar-refractivity contribution in [2.45, 2.75) is 6.42 Å². The molecule has 0 amide bonds. The van der Waals surface area contributed by atoms with Crippen LogP contribution in [0.5, 0.6) is 11.5 Å². The van der Waals surface area contributed by atoms with Gasteiger partial charge in [-0.3, -0.25) is 0 Å². The highest BCUT2D eigenvalue weighted by Crippen LogP contribution is 2.34. The van der Waals surface area contributed by atoms with Gasteiger partial charge in [0, 0.05) is 18.0 Å². The zero-order chi connectivity index (χ0) is 12.5. The quantitative estimate of drug-likeness (QED) is 0.833. The van der Waals surface area contributed by atoms with Crippen LogP contribution >= 0.6 is 0 Å². The maximum absolute atomic E-state index is 11.1. The van der Waals surface area contributed by atoms with E-state index in [0.29, 0.717) is 30.1 Å². The summed E-state index contributed by atoms with van der Waals surface area (Å²) in [5.74, 6) is 0.188. The normalized spacial score (nSPS) is 14.2. The van der Waals surface area contributed by atoms with Crippen LogP contribution in [-0.2, 0) is 0 Å². The second-order valence-corrected chi connectivity index (χ2v) is 4.04. The molecule has 0 bridgehead atoms. The lowest BCUT2D eigenvalue weighted by molar-refractivity contribution is 0.0693. The van der Waals surface area contributed by atoms with Gasteiger partial charge in [-0.1, -0.05) is 0 Å². The number of fused-ring (bicyclic) bond motifs is 2. The monoisotopic (exact) mass is 245 g/mol. The predicted octanol–water partition coefficient (Wildman–Crippen LogP) is 2.09. The summed E-state index contributed by atoms with van der Waals surface area (Å²) >= 11 is 0. The van der Waals surface area contributed by atoms with E-state index in [9.17, 15) is 4.79 Å². The topological polar surface area (TPSA) is 68.7 Å². The van der Waals surface area contributed by atoms with E-state index in [1.165, 1.54) is 6.20 Å². The number of aromatic carboxylic acids is 1. The average molecular weight is 245 g/mol. The molecule has 2 aromatic rings. The van der Waals surface area contributed by atoms with Gasteiger partial charge in [0.15, 0.2) is 17.2 Å². The van der Waals surface area contributed by atoms with Crippen LogP contribution < -0.4 is 9.47 Å². The van der Waals surface area contributed by atoms with Gasteiger partial charge >= 0.3 is 5.97 Å². The van der Waals surface area contributed by atoms with E-state index in [1.807, 2.05) is 0 Å². The highest BCUT2D eigenvalue weighted by Gasteiger charge is 2.16. The number of hydrogen-bond donors (Lipinski definition) is 1. The molecule has 0 spiro atoms. The Morgan fingerprint density at radius 3 is 2.67 bits per heavy atom. The molecule has 1 aromatic heterocycles. The molecule has 1 aliphatic rings. The van der Waals surface area contributed by atoms with E-state index < -0.39 is 5.97 Å². The lowest BCUT2D eigenvalue weighted by Gasteiger charge is -2.09. The van der Waals surface area contributed by atoms with Crippen molar-refractivity contribution in [2.24, 2.45) is 0 Å². The minimum atomic E-state index is -1.05. The number of pyridine rings is 1. The number of carboxylic acids is 1. The molecular weight excluding hydrogens is 234 g/mol. The Morgan fingerprint density at radius 2 is 1.94 bits per heavy atom. The van der Waals surface area contributed by atoms with E-state index >= 15 is 0 Å². The summed E-state index contributed by atoms with van der Waals surface area (Å²) in [4.78, 5) is 15.0. The van der Waals surface area contributed by atoms with Crippen molar-refractivity contribution in [1.29, 1.82) is 0 Å². The molecule has 0 fully saturated rings. The maximum Gasteiger partial charge on any atom is 0.355 e. The van der Waals surface area contributed by atoms with Crippen molar-refractivity contribution >= 4 is 16.7 Å². The molecule has 5 nitrogen and oxygen atoms in total. The van der Waals surface area contributed by atoms with Gasteiger partial charge in [-0.25, -0.2) is 9.78 Å². The molecule has 0 saturated heterocycles. The van der Waals surface area contributed by atoms with Crippen LogP contribution in [0.2, 0.25) is 0 Å². The molecule has 18 heavy (non-hydrogen) atoms. The Kier molecular flexibility index (Phi) is 2.51. The molecule has 1 aliphatic heterocycles. The van der Waals surface area contributed by atoms with Gasteiger partial charge in [-0.2, -0.15) is 0 Å². The summed E-state index contributed by atoms with van der Waals surface area (Å²) in [6, 6.07) is 5.24. The van der Waals surface area contributed by atoms with Crippen LogP contribution in [0, 0.1) is 0 Å². The summed E-state index contributed by atoms with van der Waals surface area (Å²) in [6.45, 7) is 1.18. The summed E-state index contributed by atoms with van der Waals surface area (Å²) in [5, 5.41) is 10.5. The first-order chi connectivity index (χ1) is 8.75. The van der Waals surface area contributed by atoms with Crippen molar-refractivity contribution < 1.29 is 19.4 Å². The van der Waals surface area contributed by atoms with Crippen molar-refractivity contribution in [1.82, 2.24) is 4.98 Å². The van der Waals surface area contributed by atoms with Gasteiger partial charge in [0.25, 0.3) is 0 Å². The largest absolute Gasteiger partial charge is 0.490 e. The predicted molar refractivity (Wildman–Crippen MR) is 64.3 cm³/mol. The number of carboxylic acid groups (broad SMARTS) is 1. The first kappa shape index (κ1) is 10.8. The third-order valence-corrected chi connectivity index (χ3v) is 2.84. The number of ether oxygens (including phenoxy) is 2. The third-order valence-electron chi connectivity index (χ3n) is 2.84. The lowest BCUT2D eigenvalue weighted by Crippen LogP contribution is -2.01. The first-order valence-electron chi connectivity index (χ1n) is 5.67. The van der Waals surface area contributed by atoms with Gasteiger partial charge in [0.05, 0.1) is 13.2 Å². The number of rotatable bonds is 1. The van der Waals surface area contributed by atoms with E-state index in [1.54, 1.807) is 18.2 Å². The molecule has 0 unspecified atom stereocenters. The fraction of sp³-hybridized carbons (Fsp3) is 0.231. The Balaban J connectivity index is 2.25. The molecule has 2 heterocycles. The Hall–Kier alpha value is -2.30. The molecule has 0 atom stereocenters. The van der Waals surface area contributed by atoms with Gasteiger partial charge in [-0.05, 0) is 23.6 Å². The molecule has 92 valence electrons. The highest BCUT2D eigenvalue weighted by molar-refractivity contribution is 6.02. The molecule has 0 aliphatic carbocycles. The average Bonchev–Trinajstić information content (AvgIpc) is 2.59. The van der Waals surface area contributed by atoms with E-state index in [0.717, 1.165) is 11.8 Å². The van der Waals surface area contributed by atoms with Gasteiger partial charge in [0.2, 0.25) is 0 Å². The standard InChI is InChI=1S/C13H11NO4/c15-13(16)12-9-7-11-10(17-4-1-5-18-11)6-8(9)2-3-14-12/h2-3,6-7H,1,4-5H2,(H,15,16). The van der Waals surface area contributed by atoms with Crippen molar-refractivity contribution in [3.63, 3.8) is 0 Å². The number of benzene rings is 1. The maximum atomic E-state index is 11.1. The fourth-order valence-electron chi connectivity index (χ4n) is 2.00. The summed E-state index contributed by atoms with van der Waals surface area (Å²) in [7, 11) is 0. The van der Waals surface area contributed by atoms with Gasteiger partial charge in [-0.15, -0.1) is 0 Å². The van der Waals surface area contributed by atoms with Crippen LogP contribution in [0.1, 0.15) is 16.9 Å². The third kappa shape index (κ3) is 1.73.